The summed E-state index contributed by atoms with van der Waals surface area (Å²) in [7, 11) is -12.0. The summed E-state index contributed by atoms with van der Waals surface area (Å²) >= 11 is 0. The third-order valence-electron chi connectivity index (χ3n) is 14.2. The van der Waals surface area contributed by atoms with Crippen LogP contribution in [0.15, 0.2) is 53.5 Å². The zero-order valence-corrected chi connectivity index (χ0v) is 45.0. The third kappa shape index (κ3) is 16.3. The molecule has 0 aliphatic carbocycles. The molecule has 0 amide bonds. The summed E-state index contributed by atoms with van der Waals surface area (Å²) in [5.74, 6) is -1.34. The Morgan fingerprint density at radius 3 is 2.06 bits per heavy atom. The third-order valence-corrected chi connectivity index (χ3v) is 25.8. The maximum absolute atomic E-state index is 14.2. The summed E-state index contributed by atoms with van der Waals surface area (Å²) in [6.45, 7) is 35.9. The number of carbonyl (C=O) groups excluding carboxylic acids is 1. The number of rotatable bonds is 24. The van der Waals surface area contributed by atoms with Gasteiger partial charge < -0.3 is 27.8 Å². The lowest BCUT2D eigenvalue weighted by Gasteiger charge is -2.42. The number of carbonyl (C=O) groups is 1. The van der Waals surface area contributed by atoms with E-state index in [1.54, 1.807) is 24.3 Å². The van der Waals surface area contributed by atoms with Gasteiger partial charge in [0.25, 0.3) is 10.1 Å². The average molecular weight is 971 g/mol. The van der Waals surface area contributed by atoms with Crippen LogP contribution in [0.5, 0.6) is 0 Å². The highest BCUT2D eigenvalue weighted by Crippen LogP contribution is 2.42. The van der Waals surface area contributed by atoms with Gasteiger partial charge in [-0.25, -0.2) is 8.42 Å². The molecule has 12 nitrogen and oxygen atoms in total. The number of hydrogen-bond acceptors (Lipinski definition) is 12. The molecule has 4 rings (SSSR count). The first kappa shape index (κ1) is 55.0. The fraction of sp³-hybridized carbons (Fsp3) is 0.771. The van der Waals surface area contributed by atoms with Crippen LogP contribution in [0.1, 0.15) is 112 Å². The lowest BCUT2D eigenvalue weighted by atomic mass is 9.87. The van der Waals surface area contributed by atoms with Gasteiger partial charge in [0, 0.05) is 25.2 Å². The molecule has 64 heavy (non-hydrogen) atoms. The maximum Gasteiger partial charge on any atom is 0.264 e. The molecule has 3 saturated heterocycles. The molecule has 8 atom stereocenters. The summed E-state index contributed by atoms with van der Waals surface area (Å²) in [4.78, 5) is 14.4. The predicted molar refractivity (Wildman–Crippen MR) is 259 cm³/mol. The summed E-state index contributed by atoms with van der Waals surface area (Å²) < 4.78 is 96.3. The number of ketones is 1. The van der Waals surface area contributed by atoms with Crippen molar-refractivity contribution >= 4 is 42.4 Å². The summed E-state index contributed by atoms with van der Waals surface area (Å²) in [6, 6.07) is 6.84. The molecule has 0 unspecified atom stereocenters. The normalized spacial score (nSPS) is 24.6. The highest BCUT2D eigenvalue weighted by atomic mass is 32.2. The minimum absolute atomic E-state index is 0.000269. The largest absolute Gasteiger partial charge is 0.414 e. The molecular formula is C48H82O12S2Si2. The molecule has 0 radical (unpaired) electrons. The maximum atomic E-state index is 14.2. The number of Topliss-reactive ketones (excluding diaryl/α,β-unsaturated/α-hetero) is 1. The van der Waals surface area contributed by atoms with E-state index in [1.807, 2.05) is 13.8 Å². The Kier molecular flexibility index (Phi) is 19.1. The van der Waals surface area contributed by atoms with Crippen molar-refractivity contribution in [1.82, 2.24) is 0 Å². The first-order valence-corrected chi connectivity index (χ1v) is 32.6. The fourth-order valence-corrected chi connectivity index (χ4v) is 12.9. The Morgan fingerprint density at radius 2 is 1.48 bits per heavy atom. The zero-order valence-electron chi connectivity index (χ0n) is 41.3. The smallest absolute Gasteiger partial charge is 0.264 e. The summed E-state index contributed by atoms with van der Waals surface area (Å²) in [6.07, 6.45) is 2.67. The van der Waals surface area contributed by atoms with Crippen LogP contribution in [0.25, 0.3) is 0 Å². The van der Waals surface area contributed by atoms with Gasteiger partial charge in [0.15, 0.2) is 38.5 Å². The molecule has 366 valence electrons. The summed E-state index contributed by atoms with van der Waals surface area (Å²) in [5.41, 5.74) is 2.23. The van der Waals surface area contributed by atoms with E-state index in [4.69, 9.17) is 32.0 Å². The second-order valence-electron chi connectivity index (χ2n) is 21.8. The summed E-state index contributed by atoms with van der Waals surface area (Å²) in [5, 5.41) is -0.0526. The monoisotopic (exact) mass is 970 g/mol. The zero-order chi connectivity index (χ0) is 48.1. The van der Waals surface area contributed by atoms with Crippen LogP contribution in [-0.4, -0.2) is 114 Å². The first-order chi connectivity index (χ1) is 29.4. The Hall–Kier alpha value is -1.58. The van der Waals surface area contributed by atoms with E-state index in [2.05, 4.69) is 80.9 Å². The van der Waals surface area contributed by atoms with E-state index in [0.717, 1.165) is 30.2 Å². The van der Waals surface area contributed by atoms with Gasteiger partial charge in [0.05, 0.1) is 73.3 Å². The minimum atomic E-state index is -3.82. The van der Waals surface area contributed by atoms with Crippen molar-refractivity contribution in [1.29, 1.82) is 0 Å². The molecule has 1 aromatic carbocycles. The SMILES string of the molecule is C=C1C[C@H](CCC2OCCO2)O[C@H]1CC[C@H](C[C@H](C)C(=C)C(=O)C[C@@H]1O[C@H](C[C@@H](CO[Si](C)(C)C(C)(C)C)O[Si](C)(C)C(C)(C)C)C[C@H]1CS(=O)(=O)c1ccc(C)cc1)OS(C)(=O)=O. The van der Waals surface area contributed by atoms with Crippen LogP contribution >= 0.6 is 0 Å². The van der Waals surface area contributed by atoms with Crippen LogP contribution in [-0.2, 0) is 56.7 Å². The number of hydrogen-bond donors (Lipinski definition) is 0. The van der Waals surface area contributed by atoms with E-state index in [0.29, 0.717) is 57.5 Å². The molecule has 1 aromatic rings. The van der Waals surface area contributed by atoms with Crippen molar-refractivity contribution in [3.05, 3.63) is 54.1 Å². The lowest BCUT2D eigenvalue weighted by Crippen LogP contribution is -2.48. The quantitative estimate of drug-likeness (QED) is 0.0420. The Balaban J connectivity index is 1.49. The molecule has 0 spiro atoms. The van der Waals surface area contributed by atoms with Gasteiger partial charge >= 0.3 is 0 Å². The second-order valence-corrected chi connectivity index (χ2v) is 35.0. The molecule has 3 fully saturated rings. The van der Waals surface area contributed by atoms with Gasteiger partial charge in [0.1, 0.15) is 0 Å². The number of aryl methyl sites for hydroxylation is 1. The number of ether oxygens (including phenoxy) is 4. The minimum Gasteiger partial charge on any atom is -0.414 e. The number of sulfone groups is 1. The van der Waals surface area contributed by atoms with E-state index < -0.39 is 60.6 Å². The fourth-order valence-electron chi connectivity index (χ4n) is 8.18. The Morgan fingerprint density at radius 1 is 0.875 bits per heavy atom. The van der Waals surface area contributed by atoms with Crippen molar-refractivity contribution in [3.8, 4) is 0 Å². The van der Waals surface area contributed by atoms with Crippen LogP contribution in [0.2, 0.25) is 36.3 Å². The molecular weight excluding hydrogens is 889 g/mol. The predicted octanol–water partition coefficient (Wildman–Crippen LogP) is 9.88. The number of allylic oxidation sites excluding steroid dienone is 1. The Labute approximate surface area is 389 Å². The first-order valence-electron chi connectivity index (χ1n) is 23.3. The van der Waals surface area contributed by atoms with Gasteiger partial charge in [-0.1, -0.05) is 79.3 Å². The highest BCUT2D eigenvalue weighted by molar-refractivity contribution is 7.91. The van der Waals surface area contributed by atoms with Crippen LogP contribution in [0, 0.1) is 18.8 Å². The molecule has 3 aliphatic rings. The van der Waals surface area contributed by atoms with Gasteiger partial charge in [-0.05, 0) is 111 Å². The van der Waals surface area contributed by atoms with E-state index in [9.17, 15) is 21.6 Å². The average Bonchev–Trinajstić information content (AvgIpc) is 3.90. The van der Waals surface area contributed by atoms with Crippen LogP contribution in [0.3, 0.4) is 0 Å². The second kappa shape index (κ2) is 22.2. The van der Waals surface area contributed by atoms with Crippen LogP contribution in [0.4, 0.5) is 0 Å². The number of benzene rings is 1. The van der Waals surface area contributed by atoms with Crippen molar-refractivity contribution < 1.29 is 53.6 Å². The standard InChI is InChI=1S/C48H82O12S2Si2/c1-33-16-20-42(21-17-33)62(52,53)32-37-28-40(29-41(60-64(14,15)48(8,9)10)31-56-63(12,13)47(5,6)7)58-45(37)30-43(49)36(4)34(2)26-39(59-61(11,50)51)18-22-44-35(3)27-38(57-44)19-23-46-54-24-25-55-46/h16-17,20-21,34,37-41,44-46H,3-4,18-19,22-32H2,1-2,5-15H3/t34-,37-,38-,39+,40-,41-,44-,45-/m0/s1. The van der Waals surface area contributed by atoms with Gasteiger partial charge in [-0.15, -0.1) is 0 Å². The lowest BCUT2D eigenvalue weighted by molar-refractivity contribution is -0.119. The van der Waals surface area contributed by atoms with Crippen molar-refractivity contribution in [2.45, 2.75) is 197 Å². The molecule has 3 aliphatic heterocycles. The van der Waals surface area contributed by atoms with E-state index >= 15 is 0 Å². The highest BCUT2D eigenvalue weighted by Gasteiger charge is 2.45. The van der Waals surface area contributed by atoms with Crippen molar-refractivity contribution in [2.24, 2.45) is 11.8 Å². The van der Waals surface area contributed by atoms with Gasteiger partial charge in [-0.2, -0.15) is 8.42 Å². The molecule has 3 heterocycles. The van der Waals surface area contributed by atoms with Crippen molar-refractivity contribution in [3.63, 3.8) is 0 Å². The molecule has 0 aromatic heterocycles. The van der Waals surface area contributed by atoms with E-state index in [1.165, 1.54) is 0 Å². The molecule has 0 bridgehead atoms. The van der Waals surface area contributed by atoms with Gasteiger partial charge in [0.2, 0.25) is 0 Å². The van der Waals surface area contributed by atoms with Crippen LogP contribution < -0.4 is 0 Å². The molecule has 16 heteroatoms. The Bertz CT molecular complexity index is 1950. The van der Waals surface area contributed by atoms with E-state index in [-0.39, 0.29) is 70.1 Å². The van der Waals surface area contributed by atoms with Crippen molar-refractivity contribution in [2.75, 3.05) is 31.8 Å². The molecule has 0 N–H and O–H groups in total. The molecule has 0 saturated carbocycles. The topological polar surface area (TPSA) is 150 Å². The van der Waals surface area contributed by atoms with Gasteiger partial charge in [-0.3, -0.25) is 8.98 Å².